The van der Waals surface area contributed by atoms with Gasteiger partial charge in [-0.1, -0.05) is 23.7 Å². The minimum absolute atomic E-state index is 0.0962. The number of fused-ring (bicyclic) bond motifs is 1. The van der Waals surface area contributed by atoms with Crippen molar-refractivity contribution in [3.63, 3.8) is 0 Å². The number of benzene rings is 2. The lowest BCUT2D eigenvalue weighted by molar-refractivity contribution is 0.397. The van der Waals surface area contributed by atoms with E-state index in [1.165, 1.54) is 11.3 Å². The van der Waals surface area contributed by atoms with Gasteiger partial charge in [-0.3, -0.25) is 9.36 Å². The Bertz CT molecular complexity index is 1200. The first-order valence-electron chi connectivity index (χ1n) is 8.54. The third-order valence-corrected chi connectivity index (χ3v) is 5.68. The van der Waals surface area contributed by atoms with Gasteiger partial charge >= 0.3 is 0 Å². The molecule has 5 nitrogen and oxygen atoms in total. The fraction of sp³-hybridized carbons (Fsp3) is 0.143. The molecule has 0 bridgehead atoms. The van der Waals surface area contributed by atoms with Crippen molar-refractivity contribution < 1.29 is 9.47 Å². The molecule has 0 amide bonds. The molecule has 0 saturated carbocycles. The molecule has 0 N–H and O–H groups in total. The first-order chi connectivity index (χ1) is 13.6. The average molecular weight is 413 g/mol. The molecule has 28 heavy (non-hydrogen) atoms. The maximum Gasteiger partial charge on any atom is 0.263 e. The lowest BCUT2D eigenvalue weighted by Gasteiger charge is -2.12. The van der Waals surface area contributed by atoms with Gasteiger partial charge in [-0.15, -0.1) is 11.3 Å². The van der Waals surface area contributed by atoms with Gasteiger partial charge in [0.25, 0.3) is 5.56 Å². The van der Waals surface area contributed by atoms with Gasteiger partial charge in [0, 0.05) is 21.5 Å². The van der Waals surface area contributed by atoms with Crippen LogP contribution in [0.3, 0.4) is 0 Å². The Kier molecular flexibility index (Phi) is 5.07. The summed E-state index contributed by atoms with van der Waals surface area (Å²) >= 11 is 7.45. The molecule has 0 aliphatic rings. The SMILES string of the molecule is COc1ccc(OC)c(Cn2cnc3scc(-c4ccc(Cl)cc4)c3c2=O)c1. The van der Waals surface area contributed by atoms with Gasteiger partial charge in [-0.05, 0) is 35.9 Å². The van der Waals surface area contributed by atoms with Crippen molar-refractivity contribution in [2.45, 2.75) is 6.54 Å². The Morgan fingerprint density at radius 1 is 1.11 bits per heavy atom. The van der Waals surface area contributed by atoms with E-state index in [1.807, 2.05) is 47.8 Å². The van der Waals surface area contributed by atoms with E-state index >= 15 is 0 Å². The highest BCUT2D eigenvalue weighted by atomic mass is 35.5. The van der Waals surface area contributed by atoms with Crippen molar-refractivity contribution in [3.05, 3.63) is 75.1 Å². The number of ether oxygens (including phenoxy) is 2. The number of thiophene rings is 1. The maximum absolute atomic E-state index is 13.2. The standard InChI is InChI=1S/C21H17ClN2O3S/c1-26-16-7-8-18(27-2)14(9-16)10-24-12-23-20-19(21(24)25)17(11-28-20)13-3-5-15(22)6-4-13/h3-9,11-12H,10H2,1-2H3. The van der Waals surface area contributed by atoms with Crippen LogP contribution in [0, 0.1) is 0 Å². The summed E-state index contributed by atoms with van der Waals surface area (Å²) < 4.78 is 12.3. The number of halogens is 1. The number of nitrogens with zero attached hydrogens (tertiary/aromatic N) is 2. The quantitative estimate of drug-likeness (QED) is 0.470. The van der Waals surface area contributed by atoms with Crippen LogP contribution < -0.4 is 15.0 Å². The molecular weight excluding hydrogens is 396 g/mol. The molecule has 0 aliphatic heterocycles. The highest BCUT2D eigenvalue weighted by Crippen LogP contribution is 2.31. The van der Waals surface area contributed by atoms with Crippen LogP contribution in [0.1, 0.15) is 5.56 Å². The number of aromatic nitrogens is 2. The van der Waals surface area contributed by atoms with Crippen LogP contribution in [0.4, 0.5) is 0 Å². The second kappa shape index (κ2) is 7.66. The smallest absolute Gasteiger partial charge is 0.263 e. The second-order valence-corrected chi connectivity index (χ2v) is 7.49. The summed E-state index contributed by atoms with van der Waals surface area (Å²) in [6.07, 6.45) is 1.58. The van der Waals surface area contributed by atoms with Crippen LogP contribution >= 0.6 is 22.9 Å². The van der Waals surface area contributed by atoms with Gasteiger partial charge in [0.1, 0.15) is 16.3 Å². The van der Waals surface area contributed by atoms with Gasteiger partial charge < -0.3 is 9.47 Å². The Hall–Kier alpha value is -2.83. The Morgan fingerprint density at radius 3 is 2.61 bits per heavy atom. The van der Waals surface area contributed by atoms with Crippen LogP contribution in [0.15, 0.2) is 59.0 Å². The molecule has 0 unspecified atom stereocenters. The van der Waals surface area contributed by atoms with Gasteiger partial charge in [0.05, 0.1) is 32.5 Å². The minimum Gasteiger partial charge on any atom is -0.497 e. The summed E-state index contributed by atoms with van der Waals surface area (Å²) in [5.41, 5.74) is 2.54. The lowest BCUT2D eigenvalue weighted by Crippen LogP contribution is -2.21. The maximum atomic E-state index is 13.2. The predicted octanol–water partition coefficient (Wildman–Crippen LogP) is 4.84. The molecule has 0 spiro atoms. The Balaban J connectivity index is 1.82. The van der Waals surface area contributed by atoms with Crippen molar-refractivity contribution in [2.24, 2.45) is 0 Å². The fourth-order valence-corrected chi connectivity index (χ4v) is 4.14. The van der Waals surface area contributed by atoms with Crippen molar-refractivity contribution in [1.29, 1.82) is 0 Å². The van der Waals surface area contributed by atoms with Gasteiger partial charge in [0.2, 0.25) is 0 Å². The van der Waals surface area contributed by atoms with Gasteiger partial charge in [-0.25, -0.2) is 4.98 Å². The lowest BCUT2D eigenvalue weighted by atomic mass is 10.1. The Morgan fingerprint density at radius 2 is 1.89 bits per heavy atom. The van der Waals surface area contributed by atoms with Crippen molar-refractivity contribution >= 4 is 33.2 Å². The fourth-order valence-electron chi connectivity index (χ4n) is 3.11. The summed E-state index contributed by atoms with van der Waals surface area (Å²) in [6, 6.07) is 13.0. The van der Waals surface area contributed by atoms with Crippen LogP contribution in [0.2, 0.25) is 5.02 Å². The van der Waals surface area contributed by atoms with E-state index in [9.17, 15) is 4.79 Å². The zero-order chi connectivity index (χ0) is 19.7. The first-order valence-corrected chi connectivity index (χ1v) is 9.80. The number of hydrogen-bond acceptors (Lipinski definition) is 5. The summed E-state index contributed by atoms with van der Waals surface area (Å²) in [7, 11) is 3.21. The number of hydrogen-bond donors (Lipinski definition) is 0. The highest BCUT2D eigenvalue weighted by Gasteiger charge is 2.15. The topological polar surface area (TPSA) is 53.4 Å². The molecule has 0 saturated heterocycles. The summed E-state index contributed by atoms with van der Waals surface area (Å²) in [6.45, 7) is 0.331. The summed E-state index contributed by atoms with van der Waals surface area (Å²) in [5, 5.41) is 3.22. The van der Waals surface area contributed by atoms with Crippen molar-refractivity contribution in [2.75, 3.05) is 14.2 Å². The third-order valence-electron chi connectivity index (χ3n) is 4.54. The molecular formula is C21H17ClN2O3S. The molecule has 2 aromatic heterocycles. The van der Waals surface area contributed by atoms with E-state index in [2.05, 4.69) is 4.98 Å². The van der Waals surface area contributed by atoms with E-state index < -0.39 is 0 Å². The molecule has 2 aromatic carbocycles. The van der Waals surface area contributed by atoms with E-state index in [1.54, 1.807) is 25.1 Å². The molecule has 0 radical (unpaired) electrons. The highest BCUT2D eigenvalue weighted by molar-refractivity contribution is 7.17. The minimum atomic E-state index is -0.0962. The molecule has 7 heteroatoms. The van der Waals surface area contributed by atoms with Crippen LogP contribution in [-0.4, -0.2) is 23.8 Å². The molecule has 4 rings (SSSR count). The molecule has 142 valence electrons. The van der Waals surface area contributed by atoms with E-state index in [0.29, 0.717) is 33.3 Å². The molecule has 0 atom stereocenters. The largest absolute Gasteiger partial charge is 0.497 e. The summed E-state index contributed by atoms with van der Waals surface area (Å²) in [5.74, 6) is 1.39. The van der Waals surface area contributed by atoms with Crippen LogP contribution in [0.5, 0.6) is 11.5 Å². The number of rotatable bonds is 5. The molecule has 2 heterocycles. The Labute approximate surface area is 170 Å². The molecule has 0 aliphatic carbocycles. The van der Waals surface area contributed by atoms with Crippen molar-refractivity contribution in [1.82, 2.24) is 9.55 Å². The third kappa shape index (κ3) is 3.37. The first kappa shape index (κ1) is 18.5. The molecule has 4 aromatic rings. The van der Waals surface area contributed by atoms with Crippen LogP contribution in [-0.2, 0) is 6.54 Å². The second-order valence-electron chi connectivity index (χ2n) is 6.19. The van der Waals surface area contributed by atoms with E-state index in [0.717, 1.165) is 16.7 Å². The zero-order valence-corrected chi connectivity index (χ0v) is 16.9. The van der Waals surface area contributed by atoms with Gasteiger partial charge in [0.15, 0.2) is 0 Å². The van der Waals surface area contributed by atoms with Crippen LogP contribution in [0.25, 0.3) is 21.3 Å². The average Bonchev–Trinajstić information content (AvgIpc) is 3.15. The monoisotopic (exact) mass is 412 g/mol. The predicted molar refractivity (Wildman–Crippen MR) is 113 cm³/mol. The van der Waals surface area contributed by atoms with Gasteiger partial charge in [-0.2, -0.15) is 0 Å². The number of methoxy groups -OCH3 is 2. The normalized spacial score (nSPS) is 11.0. The zero-order valence-electron chi connectivity index (χ0n) is 15.3. The van der Waals surface area contributed by atoms with E-state index in [-0.39, 0.29) is 5.56 Å². The van der Waals surface area contributed by atoms with E-state index in [4.69, 9.17) is 21.1 Å². The molecule has 0 fully saturated rings. The summed E-state index contributed by atoms with van der Waals surface area (Å²) in [4.78, 5) is 18.4. The van der Waals surface area contributed by atoms with Crippen molar-refractivity contribution in [3.8, 4) is 22.6 Å².